The van der Waals surface area contributed by atoms with Crippen LogP contribution >= 0.6 is 0 Å². The first-order chi connectivity index (χ1) is 14.4. The maximum absolute atomic E-state index is 12.8. The van der Waals surface area contributed by atoms with Gasteiger partial charge in [0.1, 0.15) is 18.7 Å². The van der Waals surface area contributed by atoms with Crippen LogP contribution < -0.4 is 10.6 Å². The van der Waals surface area contributed by atoms with Gasteiger partial charge in [-0.1, -0.05) is 77.3 Å². The van der Waals surface area contributed by atoms with Crippen molar-refractivity contribution in [2.45, 2.75) is 78.5 Å². The lowest BCUT2D eigenvalue weighted by Gasteiger charge is -2.24. The maximum Gasteiger partial charge on any atom is 0.408 e. The standard InChI is InChI=1S/C23H36N2O5/c1-5-7-14-19(22(27)29-15-8-6-2)24-21(26)20(17(3)4)25-23(28)30-16-18-12-10-9-11-13-18/h9-13,17,19-20H,5-8,14-16H2,1-4H3,(H,24,26)(H,25,28)/t19-,20-/m0/s1. The van der Waals surface area contributed by atoms with Gasteiger partial charge in [0.15, 0.2) is 0 Å². The van der Waals surface area contributed by atoms with E-state index in [1.165, 1.54) is 0 Å². The Morgan fingerprint density at radius 3 is 2.20 bits per heavy atom. The Bertz CT molecular complexity index is 648. The minimum Gasteiger partial charge on any atom is -0.464 e. The third-order valence-corrected chi connectivity index (χ3v) is 4.62. The van der Waals surface area contributed by atoms with Gasteiger partial charge >= 0.3 is 12.1 Å². The van der Waals surface area contributed by atoms with Crippen molar-refractivity contribution < 1.29 is 23.9 Å². The van der Waals surface area contributed by atoms with Gasteiger partial charge in [-0.25, -0.2) is 9.59 Å². The highest BCUT2D eigenvalue weighted by atomic mass is 16.5. The molecule has 0 saturated carbocycles. The molecular formula is C23H36N2O5. The number of esters is 1. The van der Waals surface area contributed by atoms with Gasteiger partial charge in [0.25, 0.3) is 0 Å². The normalized spacial score (nSPS) is 12.7. The first-order valence-electron chi connectivity index (χ1n) is 10.8. The molecule has 30 heavy (non-hydrogen) atoms. The predicted octanol–water partition coefficient (Wildman–Crippen LogP) is 3.96. The summed E-state index contributed by atoms with van der Waals surface area (Å²) in [6.45, 7) is 8.13. The first kappa shape index (κ1) is 25.5. The van der Waals surface area contributed by atoms with Gasteiger partial charge in [-0.3, -0.25) is 4.79 Å². The van der Waals surface area contributed by atoms with Crippen molar-refractivity contribution in [1.29, 1.82) is 0 Å². The Kier molecular flexibility index (Phi) is 12.2. The van der Waals surface area contributed by atoms with Crippen molar-refractivity contribution in [3.8, 4) is 0 Å². The van der Waals surface area contributed by atoms with Crippen LogP contribution in [0.2, 0.25) is 0 Å². The molecule has 2 N–H and O–H groups in total. The number of hydrogen-bond donors (Lipinski definition) is 2. The molecule has 0 aromatic heterocycles. The number of ether oxygens (including phenoxy) is 2. The number of benzene rings is 1. The molecule has 0 aliphatic heterocycles. The first-order valence-corrected chi connectivity index (χ1v) is 10.8. The molecule has 0 spiro atoms. The zero-order valence-electron chi connectivity index (χ0n) is 18.6. The molecule has 0 heterocycles. The quantitative estimate of drug-likeness (QED) is 0.372. The van der Waals surface area contributed by atoms with Crippen LogP contribution in [0.5, 0.6) is 0 Å². The lowest BCUT2D eigenvalue weighted by Crippen LogP contribution is -2.54. The summed E-state index contributed by atoms with van der Waals surface area (Å²) >= 11 is 0. The van der Waals surface area contributed by atoms with E-state index in [-0.39, 0.29) is 12.5 Å². The van der Waals surface area contributed by atoms with Crippen LogP contribution in [0, 0.1) is 5.92 Å². The average Bonchev–Trinajstić information content (AvgIpc) is 2.73. The fourth-order valence-electron chi connectivity index (χ4n) is 2.76. The molecule has 2 atom stereocenters. The van der Waals surface area contributed by atoms with Crippen LogP contribution in [0.3, 0.4) is 0 Å². The predicted molar refractivity (Wildman–Crippen MR) is 116 cm³/mol. The summed E-state index contributed by atoms with van der Waals surface area (Å²) in [6, 6.07) is 7.75. The number of rotatable bonds is 13. The second kappa shape index (κ2) is 14.4. The molecule has 0 saturated heterocycles. The van der Waals surface area contributed by atoms with Crippen molar-refractivity contribution in [3.63, 3.8) is 0 Å². The summed E-state index contributed by atoms with van der Waals surface area (Å²) in [4.78, 5) is 37.4. The molecule has 0 bridgehead atoms. The highest BCUT2D eigenvalue weighted by Gasteiger charge is 2.29. The van der Waals surface area contributed by atoms with Crippen LogP contribution in [0.25, 0.3) is 0 Å². The number of carbonyl (C=O) groups is 3. The van der Waals surface area contributed by atoms with Gasteiger partial charge in [0.2, 0.25) is 5.91 Å². The Hall–Kier alpha value is -2.57. The van der Waals surface area contributed by atoms with E-state index < -0.39 is 30.1 Å². The molecular weight excluding hydrogens is 384 g/mol. The van der Waals surface area contributed by atoms with Crippen molar-refractivity contribution in [2.24, 2.45) is 5.92 Å². The van der Waals surface area contributed by atoms with Gasteiger partial charge in [0.05, 0.1) is 6.61 Å². The van der Waals surface area contributed by atoms with Crippen molar-refractivity contribution >= 4 is 18.0 Å². The monoisotopic (exact) mass is 420 g/mol. The molecule has 168 valence electrons. The summed E-state index contributed by atoms with van der Waals surface area (Å²) in [5.74, 6) is -1.04. The average molecular weight is 421 g/mol. The number of nitrogens with one attached hydrogen (secondary N) is 2. The molecule has 7 nitrogen and oxygen atoms in total. The van der Waals surface area contributed by atoms with E-state index in [0.717, 1.165) is 31.2 Å². The molecule has 0 fully saturated rings. The lowest BCUT2D eigenvalue weighted by atomic mass is 10.0. The lowest BCUT2D eigenvalue weighted by molar-refractivity contribution is -0.148. The number of unbranched alkanes of at least 4 members (excludes halogenated alkanes) is 2. The zero-order valence-corrected chi connectivity index (χ0v) is 18.6. The van der Waals surface area contributed by atoms with Gasteiger partial charge in [-0.15, -0.1) is 0 Å². The largest absolute Gasteiger partial charge is 0.464 e. The smallest absolute Gasteiger partial charge is 0.408 e. The molecule has 1 aromatic rings. The molecule has 1 aromatic carbocycles. The molecule has 7 heteroatoms. The van der Waals surface area contributed by atoms with Gasteiger partial charge in [-0.05, 0) is 24.3 Å². The SMILES string of the molecule is CCCCOC(=O)[C@H](CCCC)NC(=O)[C@@H](NC(=O)OCc1ccccc1)C(C)C. The van der Waals surface area contributed by atoms with Crippen LogP contribution in [0.15, 0.2) is 30.3 Å². The topological polar surface area (TPSA) is 93.7 Å². The summed E-state index contributed by atoms with van der Waals surface area (Å²) in [5.41, 5.74) is 0.854. The van der Waals surface area contributed by atoms with Crippen molar-refractivity contribution in [3.05, 3.63) is 35.9 Å². The van der Waals surface area contributed by atoms with E-state index >= 15 is 0 Å². The molecule has 0 unspecified atom stereocenters. The van der Waals surface area contributed by atoms with E-state index in [9.17, 15) is 14.4 Å². The Labute approximate surface area is 179 Å². The van der Waals surface area contributed by atoms with E-state index in [1.807, 2.05) is 58.0 Å². The Morgan fingerprint density at radius 1 is 0.933 bits per heavy atom. The fourth-order valence-corrected chi connectivity index (χ4v) is 2.76. The maximum atomic E-state index is 12.8. The number of carbonyl (C=O) groups excluding carboxylic acids is 3. The fraction of sp³-hybridized carbons (Fsp3) is 0.609. The molecule has 0 aliphatic carbocycles. The van der Waals surface area contributed by atoms with E-state index in [0.29, 0.717) is 13.0 Å². The van der Waals surface area contributed by atoms with E-state index in [2.05, 4.69) is 10.6 Å². The Morgan fingerprint density at radius 2 is 1.60 bits per heavy atom. The van der Waals surface area contributed by atoms with E-state index in [4.69, 9.17) is 9.47 Å². The summed E-state index contributed by atoms with van der Waals surface area (Å²) < 4.78 is 10.5. The highest BCUT2D eigenvalue weighted by Crippen LogP contribution is 2.08. The van der Waals surface area contributed by atoms with E-state index in [1.54, 1.807) is 0 Å². The molecule has 2 amide bonds. The summed E-state index contributed by atoms with van der Waals surface area (Å²) in [6.07, 6.45) is 3.20. The Balaban J connectivity index is 2.67. The van der Waals surface area contributed by atoms with Crippen molar-refractivity contribution in [1.82, 2.24) is 10.6 Å². The van der Waals surface area contributed by atoms with Gasteiger partial charge in [-0.2, -0.15) is 0 Å². The molecule has 1 rings (SSSR count). The number of alkyl carbamates (subject to hydrolysis) is 1. The molecule has 0 radical (unpaired) electrons. The number of amides is 2. The summed E-state index contributed by atoms with van der Waals surface area (Å²) in [5, 5.41) is 5.37. The van der Waals surface area contributed by atoms with Crippen LogP contribution in [0.1, 0.15) is 65.4 Å². The van der Waals surface area contributed by atoms with Gasteiger partial charge < -0.3 is 20.1 Å². The second-order valence-electron chi connectivity index (χ2n) is 7.65. The second-order valence-corrected chi connectivity index (χ2v) is 7.65. The highest BCUT2D eigenvalue weighted by molar-refractivity contribution is 5.89. The third-order valence-electron chi connectivity index (χ3n) is 4.62. The third kappa shape index (κ3) is 9.76. The molecule has 0 aliphatic rings. The zero-order chi connectivity index (χ0) is 22.4. The van der Waals surface area contributed by atoms with Crippen molar-refractivity contribution in [2.75, 3.05) is 6.61 Å². The van der Waals surface area contributed by atoms with Crippen LogP contribution in [0.4, 0.5) is 4.79 Å². The van der Waals surface area contributed by atoms with Crippen LogP contribution in [-0.2, 0) is 25.7 Å². The minimum absolute atomic E-state index is 0.113. The number of hydrogen-bond acceptors (Lipinski definition) is 5. The van der Waals surface area contributed by atoms with Crippen LogP contribution in [-0.4, -0.2) is 36.7 Å². The summed E-state index contributed by atoms with van der Waals surface area (Å²) in [7, 11) is 0. The van der Waals surface area contributed by atoms with Gasteiger partial charge in [0, 0.05) is 0 Å². The minimum atomic E-state index is -0.819.